The molecule has 0 aromatic heterocycles. The third-order valence-corrected chi connectivity index (χ3v) is 6.95. The van der Waals surface area contributed by atoms with Crippen LogP contribution in [0.3, 0.4) is 0 Å². The van der Waals surface area contributed by atoms with E-state index >= 15 is 0 Å². The van der Waals surface area contributed by atoms with Crippen molar-refractivity contribution < 1.29 is 14.5 Å². The minimum atomic E-state index is -0.391. The fourth-order valence-electron chi connectivity index (χ4n) is 4.06. The molecule has 0 unspecified atom stereocenters. The number of benzene rings is 2. The summed E-state index contributed by atoms with van der Waals surface area (Å²) in [6.45, 7) is 3.99. The smallest absolute Gasteiger partial charge is 0.238 e. The molecule has 2 aromatic rings. The van der Waals surface area contributed by atoms with E-state index in [0.29, 0.717) is 6.54 Å². The summed E-state index contributed by atoms with van der Waals surface area (Å²) in [5.74, 6) is -0.185. The highest BCUT2D eigenvalue weighted by molar-refractivity contribution is 8.01. The lowest BCUT2D eigenvalue weighted by Crippen LogP contribution is -3.11. The summed E-state index contributed by atoms with van der Waals surface area (Å²) in [7, 11) is 0. The Labute approximate surface area is 176 Å². The molecule has 2 heterocycles. The summed E-state index contributed by atoms with van der Waals surface area (Å²) in [6.07, 6.45) is 4.14. The van der Waals surface area contributed by atoms with E-state index in [4.69, 9.17) is 0 Å². The van der Waals surface area contributed by atoms with Gasteiger partial charge in [-0.05, 0) is 37.0 Å². The fraction of sp³-hybridized carbons (Fsp3) is 0.391. The minimum Gasteiger partial charge on any atom is -0.352 e. The van der Waals surface area contributed by atoms with Gasteiger partial charge in [0.2, 0.25) is 11.8 Å². The van der Waals surface area contributed by atoms with E-state index in [1.54, 1.807) is 4.90 Å². The summed E-state index contributed by atoms with van der Waals surface area (Å²) in [5.41, 5.74) is 3.31. The highest BCUT2D eigenvalue weighted by Crippen LogP contribution is 2.36. The zero-order valence-corrected chi connectivity index (χ0v) is 17.4. The van der Waals surface area contributed by atoms with Crippen LogP contribution in [0.5, 0.6) is 0 Å². The van der Waals surface area contributed by atoms with Gasteiger partial charge in [-0.2, -0.15) is 0 Å². The van der Waals surface area contributed by atoms with Crippen LogP contribution in [0, 0.1) is 0 Å². The van der Waals surface area contributed by atoms with Gasteiger partial charge in [0.25, 0.3) is 0 Å². The van der Waals surface area contributed by atoms with Gasteiger partial charge < -0.3 is 15.5 Å². The monoisotopic (exact) mass is 410 g/mol. The maximum absolute atomic E-state index is 12.5. The number of amides is 2. The number of likely N-dealkylation sites (tertiary alicyclic amines) is 1. The predicted molar refractivity (Wildman–Crippen MR) is 116 cm³/mol. The standard InChI is InChI=1S/C23H27N3O2S/c27-22(14-21-23(28)25-19-10-4-5-11-20(19)29-21)24-15-17-8-2-3-9-18(17)16-26-12-6-1-7-13-26/h2-5,8-11,21H,1,6-7,12-16H2,(H,24,27)(H,25,28)/p+1/t21-/m0/s1. The van der Waals surface area contributed by atoms with Crippen LogP contribution < -0.4 is 15.5 Å². The SMILES string of the molecule is O=C(C[C@@H]1Sc2ccccc2NC1=O)NCc1ccccc1C[NH+]1CCCCC1. The van der Waals surface area contributed by atoms with Crippen LogP contribution in [0.4, 0.5) is 5.69 Å². The van der Waals surface area contributed by atoms with Gasteiger partial charge in [-0.1, -0.05) is 36.4 Å². The molecule has 3 N–H and O–H groups in total. The molecule has 0 bridgehead atoms. The van der Waals surface area contributed by atoms with Crippen molar-refractivity contribution in [2.75, 3.05) is 18.4 Å². The second kappa shape index (κ2) is 9.46. The third-order valence-electron chi connectivity index (χ3n) is 5.67. The number of quaternary nitrogens is 1. The lowest BCUT2D eigenvalue weighted by atomic mass is 10.0. The van der Waals surface area contributed by atoms with E-state index in [1.165, 1.54) is 55.2 Å². The van der Waals surface area contributed by atoms with E-state index in [-0.39, 0.29) is 18.2 Å². The van der Waals surface area contributed by atoms with E-state index in [1.807, 2.05) is 30.3 Å². The van der Waals surface area contributed by atoms with Crippen molar-refractivity contribution in [2.45, 2.75) is 48.9 Å². The number of carbonyl (C=O) groups is 2. The molecule has 1 atom stereocenters. The van der Waals surface area contributed by atoms with Gasteiger partial charge in [0.15, 0.2) is 0 Å². The summed E-state index contributed by atoms with van der Waals surface area (Å²) >= 11 is 1.47. The van der Waals surface area contributed by atoms with Crippen LogP contribution in [0.2, 0.25) is 0 Å². The van der Waals surface area contributed by atoms with Crippen LogP contribution >= 0.6 is 11.8 Å². The minimum absolute atomic E-state index is 0.0860. The van der Waals surface area contributed by atoms with Gasteiger partial charge in [0, 0.05) is 23.4 Å². The Bertz CT molecular complexity index is 880. The zero-order valence-electron chi connectivity index (χ0n) is 16.6. The molecule has 29 heavy (non-hydrogen) atoms. The number of hydrogen-bond donors (Lipinski definition) is 3. The summed E-state index contributed by atoms with van der Waals surface area (Å²) in [5, 5.41) is 5.54. The number of anilines is 1. The molecule has 5 nitrogen and oxygen atoms in total. The lowest BCUT2D eigenvalue weighted by Gasteiger charge is -2.25. The number of hydrogen-bond acceptors (Lipinski definition) is 3. The molecule has 1 saturated heterocycles. The number of para-hydroxylation sites is 1. The van der Waals surface area contributed by atoms with E-state index in [2.05, 4.69) is 28.8 Å². The van der Waals surface area contributed by atoms with Gasteiger partial charge in [-0.15, -0.1) is 11.8 Å². The van der Waals surface area contributed by atoms with Crippen molar-refractivity contribution in [1.82, 2.24) is 5.32 Å². The van der Waals surface area contributed by atoms with Gasteiger partial charge in [0.05, 0.1) is 24.0 Å². The fourth-order valence-corrected chi connectivity index (χ4v) is 5.17. The summed E-state index contributed by atoms with van der Waals surface area (Å²) < 4.78 is 0. The van der Waals surface area contributed by atoms with Crippen LogP contribution in [-0.4, -0.2) is 30.2 Å². The molecule has 0 spiro atoms. The first-order valence-electron chi connectivity index (χ1n) is 10.4. The summed E-state index contributed by atoms with van der Waals surface area (Å²) in [6, 6.07) is 16.1. The second-order valence-corrected chi connectivity index (χ2v) is 9.07. The highest BCUT2D eigenvalue weighted by Gasteiger charge is 2.28. The first-order chi connectivity index (χ1) is 14.2. The van der Waals surface area contributed by atoms with Gasteiger partial charge >= 0.3 is 0 Å². The Morgan fingerprint density at radius 3 is 2.59 bits per heavy atom. The maximum Gasteiger partial charge on any atom is 0.238 e. The van der Waals surface area contributed by atoms with Crippen LogP contribution in [0.25, 0.3) is 0 Å². The molecule has 2 aliphatic rings. The van der Waals surface area contributed by atoms with Crippen molar-refractivity contribution in [2.24, 2.45) is 0 Å². The van der Waals surface area contributed by atoms with Crippen LogP contribution in [0.1, 0.15) is 36.8 Å². The molecule has 152 valence electrons. The van der Waals surface area contributed by atoms with E-state index in [0.717, 1.165) is 17.1 Å². The van der Waals surface area contributed by atoms with Crippen molar-refractivity contribution in [1.29, 1.82) is 0 Å². The molecule has 2 aromatic carbocycles. The lowest BCUT2D eigenvalue weighted by molar-refractivity contribution is -0.918. The Morgan fingerprint density at radius 1 is 1.03 bits per heavy atom. The largest absolute Gasteiger partial charge is 0.352 e. The van der Waals surface area contributed by atoms with Crippen molar-refractivity contribution in [3.05, 3.63) is 59.7 Å². The van der Waals surface area contributed by atoms with Crippen LogP contribution in [0.15, 0.2) is 53.4 Å². The molecular formula is C23H28N3O2S+. The maximum atomic E-state index is 12.5. The first-order valence-corrected chi connectivity index (χ1v) is 11.3. The van der Waals surface area contributed by atoms with Crippen molar-refractivity contribution >= 4 is 29.3 Å². The topological polar surface area (TPSA) is 62.6 Å². The highest BCUT2D eigenvalue weighted by atomic mass is 32.2. The number of thioether (sulfide) groups is 1. The number of rotatable bonds is 6. The van der Waals surface area contributed by atoms with E-state index in [9.17, 15) is 9.59 Å². The molecule has 6 heteroatoms. The second-order valence-electron chi connectivity index (χ2n) is 7.83. The molecular weight excluding hydrogens is 382 g/mol. The average molecular weight is 411 g/mol. The Kier molecular flexibility index (Phi) is 6.52. The quantitative estimate of drug-likeness (QED) is 0.685. The molecule has 0 saturated carbocycles. The molecule has 4 rings (SSSR count). The zero-order chi connectivity index (χ0) is 20.1. The number of fused-ring (bicyclic) bond motifs is 1. The first kappa shape index (κ1) is 20.0. The number of piperidine rings is 1. The van der Waals surface area contributed by atoms with Crippen molar-refractivity contribution in [3.8, 4) is 0 Å². The Hall–Kier alpha value is -2.31. The Morgan fingerprint density at radius 2 is 1.76 bits per heavy atom. The molecule has 2 amide bonds. The van der Waals surface area contributed by atoms with Gasteiger partial charge in [0.1, 0.15) is 6.54 Å². The van der Waals surface area contributed by atoms with Crippen molar-refractivity contribution in [3.63, 3.8) is 0 Å². The molecule has 2 aliphatic heterocycles. The Balaban J connectivity index is 1.32. The summed E-state index contributed by atoms with van der Waals surface area (Å²) in [4.78, 5) is 27.5. The normalized spacial score (nSPS) is 19.3. The molecule has 1 fully saturated rings. The van der Waals surface area contributed by atoms with Gasteiger partial charge in [-0.3, -0.25) is 9.59 Å². The van der Waals surface area contributed by atoms with Gasteiger partial charge in [-0.25, -0.2) is 0 Å². The number of nitrogens with one attached hydrogen (secondary N) is 3. The number of carbonyl (C=O) groups excluding carboxylic acids is 2. The molecule has 0 radical (unpaired) electrons. The van der Waals surface area contributed by atoms with E-state index < -0.39 is 5.25 Å². The van der Waals surface area contributed by atoms with Crippen LogP contribution in [-0.2, 0) is 22.7 Å². The molecule has 0 aliphatic carbocycles. The third kappa shape index (κ3) is 5.19. The predicted octanol–water partition coefficient (Wildman–Crippen LogP) is 2.37. The average Bonchev–Trinajstić information content (AvgIpc) is 2.74.